The number of furan rings is 1. The molecule has 2 N–H and O–H groups in total. The van der Waals surface area contributed by atoms with Crippen molar-refractivity contribution in [3.8, 4) is 0 Å². The SMILES string of the molecule is C[C@@H]1C[C@@H]1c1ccc(CN(C)CC(=O)NC(=O)NCc2cccs2)o1. The number of carbonyl (C=O) groups is 2. The van der Waals surface area contributed by atoms with Crippen molar-refractivity contribution in [2.75, 3.05) is 13.6 Å². The highest BCUT2D eigenvalue weighted by atomic mass is 32.1. The van der Waals surface area contributed by atoms with E-state index in [2.05, 4.69) is 17.6 Å². The minimum Gasteiger partial charge on any atom is -0.464 e. The third-order valence-electron chi connectivity index (χ3n) is 4.25. The van der Waals surface area contributed by atoms with Crippen LogP contribution < -0.4 is 10.6 Å². The number of likely N-dealkylation sites (N-methyl/N-ethyl adjacent to an activating group) is 1. The van der Waals surface area contributed by atoms with Gasteiger partial charge in [0.15, 0.2) is 0 Å². The molecule has 1 fully saturated rings. The molecule has 7 heteroatoms. The van der Waals surface area contributed by atoms with Crippen molar-refractivity contribution in [2.45, 2.75) is 32.4 Å². The summed E-state index contributed by atoms with van der Waals surface area (Å²) < 4.78 is 5.84. The Bertz CT molecular complexity index is 726. The van der Waals surface area contributed by atoms with Crippen LogP contribution in [0.4, 0.5) is 4.79 Å². The number of nitrogens with one attached hydrogen (secondary N) is 2. The predicted octanol–water partition coefficient (Wildman–Crippen LogP) is 2.92. The molecular formula is C18H23N3O3S. The molecule has 1 aliphatic carbocycles. The van der Waals surface area contributed by atoms with Gasteiger partial charge in [-0.1, -0.05) is 13.0 Å². The van der Waals surface area contributed by atoms with Crippen LogP contribution in [-0.4, -0.2) is 30.4 Å². The summed E-state index contributed by atoms with van der Waals surface area (Å²) in [7, 11) is 1.82. The second kappa shape index (κ2) is 7.84. The first kappa shape index (κ1) is 17.7. The first-order valence-corrected chi connectivity index (χ1v) is 9.26. The van der Waals surface area contributed by atoms with Crippen LogP contribution in [0.5, 0.6) is 0 Å². The minimum absolute atomic E-state index is 0.127. The van der Waals surface area contributed by atoms with Crippen molar-refractivity contribution < 1.29 is 14.0 Å². The second-order valence-electron chi connectivity index (χ2n) is 6.61. The predicted molar refractivity (Wildman–Crippen MR) is 96.3 cm³/mol. The summed E-state index contributed by atoms with van der Waals surface area (Å²) in [6.07, 6.45) is 1.19. The maximum atomic E-state index is 11.9. The van der Waals surface area contributed by atoms with E-state index in [9.17, 15) is 9.59 Å². The van der Waals surface area contributed by atoms with Crippen LogP contribution in [0.25, 0.3) is 0 Å². The Kier molecular flexibility index (Phi) is 5.55. The lowest BCUT2D eigenvalue weighted by atomic mass is 10.3. The Hall–Kier alpha value is -2.12. The maximum absolute atomic E-state index is 11.9. The zero-order valence-electron chi connectivity index (χ0n) is 14.5. The Morgan fingerprint density at radius 1 is 1.36 bits per heavy atom. The number of nitrogens with zero attached hydrogens (tertiary/aromatic N) is 1. The average molecular weight is 361 g/mol. The number of urea groups is 1. The van der Waals surface area contributed by atoms with Crippen molar-refractivity contribution in [3.63, 3.8) is 0 Å². The minimum atomic E-state index is -0.477. The number of hydrogen-bond acceptors (Lipinski definition) is 5. The van der Waals surface area contributed by atoms with Gasteiger partial charge in [0.2, 0.25) is 5.91 Å². The molecule has 2 heterocycles. The van der Waals surface area contributed by atoms with Crippen molar-refractivity contribution >= 4 is 23.3 Å². The van der Waals surface area contributed by atoms with Crippen LogP contribution in [0.3, 0.4) is 0 Å². The van der Waals surface area contributed by atoms with E-state index in [1.54, 1.807) is 11.3 Å². The van der Waals surface area contributed by atoms with Crippen LogP contribution in [0.1, 0.15) is 35.7 Å². The van der Waals surface area contributed by atoms with Crippen LogP contribution in [0.2, 0.25) is 0 Å². The summed E-state index contributed by atoms with van der Waals surface area (Å²) in [5.41, 5.74) is 0. The Morgan fingerprint density at radius 2 is 2.16 bits per heavy atom. The van der Waals surface area contributed by atoms with E-state index in [1.165, 1.54) is 6.42 Å². The van der Waals surface area contributed by atoms with E-state index in [0.29, 0.717) is 24.9 Å². The molecule has 0 aliphatic heterocycles. The molecule has 2 aromatic heterocycles. The summed E-state index contributed by atoms with van der Waals surface area (Å²) in [4.78, 5) is 26.5. The Morgan fingerprint density at radius 3 is 2.84 bits per heavy atom. The molecule has 2 atom stereocenters. The summed E-state index contributed by atoms with van der Waals surface area (Å²) in [5, 5.41) is 6.95. The maximum Gasteiger partial charge on any atom is 0.321 e. The van der Waals surface area contributed by atoms with Gasteiger partial charge in [0.25, 0.3) is 0 Å². The number of thiophene rings is 1. The molecule has 0 spiro atoms. The van der Waals surface area contributed by atoms with Gasteiger partial charge in [-0.25, -0.2) is 4.79 Å². The van der Waals surface area contributed by atoms with E-state index >= 15 is 0 Å². The lowest BCUT2D eigenvalue weighted by Crippen LogP contribution is -2.43. The average Bonchev–Trinajstić information content (AvgIpc) is 2.96. The first-order chi connectivity index (χ1) is 12.0. The number of carbonyl (C=O) groups excluding carboxylic acids is 2. The van der Waals surface area contributed by atoms with E-state index in [0.717, 1.165) is 16.4 Å². The van der Waals surface area contributed by atoms with Gasteiger partial charge in [-0.2, -0.15) is 0 Å². The summed E-state index contributed by atoms with van der Waals surface area (Å²) >= 11 is 1.56. The van der Waals surface area contributed by atoms with Crippen LogP contribution in [0.15, 0.2) is 34.1 Å². The van der Waals surface area contributed by atoms with Gasteiger partial charge in [0.1, 0.15) is 11.5 Å². The molecule has 0 radical (unpaired) electrons. The van der Waals surface area contributed by atoms with E-state index in [1.807, 2.05) is 41.6 Å². The smallest absolute Gasteiger partial charge is 0.321 e. The topological polar surface area (TPSA) is 74.6 Å². The van der Waals surface area contributed by atoms with Gasteiger partial charge in [-0.05, 0) is 43.0 Å². The summed E-state index contributed by atoms with van der Waals surface area (Å²) in [6.45, 7) is 3.29. The molecule has 1 aliphatic rings. The lowest BCUT2D eigenvalue weighted by molar-refractivity contribution is -0.121. The largest absolute Gasteiger partial charge is 0.464 e. The lowest BCUT2D eigenvalue weighted by Gasteiger charge is -2.14. The first-order valence-electron chi connectivity index (χ1n) is 8.38. The number of amides is 3. The molecule has 2 aromatic rings. The Balaban J connectivity index is 1.38. The quantitative estimate of drug-likeness (QED) is 0.795. The Labute approximate surface area is 151 Å². The zero-order chi connectivity index (χ0) is 17.8. The van der Waals surface area contributed by atoms with Gasteiger partial charge < -0.3 is 9.73 Å². The van der Waals surface area contributed by atoms with Crippen LogP contribution in [0, 0.1) is 5.92 Å². The van der Waals surface area contributed by atoms with Gasteiger partial charge in [0.05, 0.1) is 19.6 Å². The van der Waals surface area contributed by atoms with Crippen molar-refractivity contribution in [1.29, 1.82) is 0 Å². The van der Waals surface area contributed by atoms with Crippen molar-refractivity contribution in [1.82, 2.24) is 15.5 Å². The third-order valence-corrected chi connectivity index (χ3v) is 5.13. The molecule has 3 rings (SSSR count). The highest BCUT2D eigenvalue weighted by Gasteiger charge is 2.36. The fourth-order valence-electron chi connectivity index (χ4n) is 2.76. The summed E-state index contributed by atoms with van der Waals surface area (Å²) in [6, 6.07) is 7.36. The molecule has 0 bridgehead atoms. The van der Waals surface area contributed by atoms with Crippen molar-refractivity contribution in [3.05, 3.63) is 46.0 Å². The highest BCUT2D eigenvalue weighted by molar-refractivity contribution is 7.09. The number of rotatable bonds is 7. The monoisotopic (exact) mass is 361 g/mol. The van der Waals surface area contributed by atoms with E-state index in [-0.39, 0.29) is 12.5 Å². The molecule has 6 nitrogen and oxygen atoms in total. The highest BCUT2D eigenvalue weighted by Crippen LogP contribution is 2.47. The number of hydrogen-bond donors (Lipinski definition) is 2. The van der Waals surface area contributed by atoms with E-state index < -0.39 is 6.03 Å². The van der Waals surface area contributed by atoms with Gasteiger partial charge in [-0.15, -0.1) is 11.3 Å². The molecule has 0 saturated heterocycles. The van der Waals surface area contributed by atoms with E-state index in [4.69, 9.17) is 4.42 Å². The molecule has 0 unspecified atom stereocenters. The normalized spacial score (nSPS) is 19.0. The molecule has 3 amide bonds. The van der Waals surface area contributed by atoms with Crippen LogP contribution >= 0.6 is 11.3 Å². The third kappa shape index (κ3) is 5.17. The molecular weight excluding hydrogens is 338 g/mol. The molecule has 134 valence electrons. The molecule has 0 aromatic carbocycles. The number of imide groups is 1. The molecule has 25 heavy (non-hydrogen) atoms. The fraction of sp³-hybridized carbons (Fsp3) is 0.444. The fourth-order valence-corrected chi connectivity index (χ4v) is 3.40. The van der Waals surface area contributed by atoms with Crippen LogP contribution in [-0.2, 0) is 17.9 Å². The summed E-state index contributed by atoms with van der Waals surface area (Å²) in [5.74, 6) is 2.79. The van der Waals surface area contributed by atoms with Gasteiger partial charge in [-0.3, -0.25) is 15.0 Å². The van der Waals surface area contributed by atoms with Crippen molar-refractivity contribution in [2.24, 2.45) is 5.92 Å². The zero-order valence-corrected chi connectivity index (χ0v) is 15.3. The van der Waals surface area contributed by atoms with Gasteiger partial charge in [0, 0.05) is 10.8 Å². The standard InChI is InChI=1S/C18H23N3O3S/c1-12-8-15(12)16-6-5-13(24-16)10-21(2)11-17(22)20-18(23)19-9-14-4-3-7-25-14/h3-7,12,15H,8-11H2,1-2H3,(H2,19,20,22,23)/t12-,15+/m1/s1. The van der Waals surface area contributed by atoms with Gasteiger partial charge >= 0.3 is 6.03 Å². The molecule has 1 saturated carbocycles. The second-order valence-corrected chi connectivity index (χ2v) is 7.64.